The van der Waals surface area contributed by atoms with Crippen molar-refractivity contribution in [2.75, 3.05) is 0 Å². The number of alkyl halides is 3. The fourth-order valence-electron chi connectivity index (χ4n) is 2.77. The Morgan fingerprint density at radius 3 is 2.59 bits per heavy atom. The van der Waals surface area contributed by atoms with E-state index in [-0.39, 0.29) is 0 Å². The highest BCUT2D eigenvalue weighted by atomic mass is 19.4. The number of carbonyl (C=O) groups is 1. The molecule has 3 heterocycles. The van der Waals surface area contributed by atoms with Gasteiger partial charge in [0.05, 0.1) is 11.9 Å². The second kappa shape index (κ2) is 7.78. The molecule has 0 fully saturated rings. The van der Waals surface area contributed by atoms with E-state index >= 15 is 0 Å². The first-order valence-electron chi connectivity index (χ1n) is 8.51. The van der Waals surface area contributed by atoms with Gasteiger partial charge in [0, 0.05) is 29.5 Å². The number of aromatic nitrogens is 4. The number of aromatic amines is 1. The van der Waals surface area contributed by atoms with Gasteiger partial charge in [0.25, 0.3) is 0 Å². The number of nitrogens with one attached hydrogen (secondary N) is 1. The minimum absolute atomic E-state index is 0.900. The third-order valence-corrected chi connectivity index (χ3v) is 4.21. The molecule has 150 valence electrons. The number of fused-ring (bicyclic) bond motifs is 1. The van der Waals surface area contributed by atoms with Gasteiger partial charge in [-0.25, -0.2) is 14.5 Å². The molecule has 0 radical (unpaired) electrons. The lowest BCUT2D eigenvalue weighted by atomic mass is 10.1. The van der Waals surface area contributed by atoms with Crippen LogP contribution in [0.5, 0.6) is 0 Å². The van der Waals surface area contributed by atoms with E-state index in [1.54, 1.807) is 0 Å². The van der Waals surface area contributed by atoms with Crippen LogP contribution >= 0.6 is 0 Å². The molecule has 9 heteroatoms. The molecule has 4 aromatic rings. The summed E-state index contributed by atoms with van der Waals surface area (Å²) >= 11 is 0. The second-order valence-electron chi connectivity index (χ2n) is 6.36. The predicted octanol–water partition coefficient (Wildman–Crippen LogP) is 4.67. The molecule has 0 saturated carbocycles. The van der Waals surface area contributed by atoms with Crippen molar-refractivity contribution in [2.45, 2.75) is 20.0 Å². The van der Waals surface area contributed by atoms with E-state index in [4.69, 9.17) is 9.90 Å². The van der Waals surface area contributed by atoms with Crippen LogP contribution in [0.15, 0.2) is 55.1 Å². The molecule has 0 aliphatic rings. The quantitative estimate of drug-likeness (QED) is 0.511. The molecular weight excluding hydrogens is 385 g/mol. The highest BCUT2D eigenvalue weighted by molar-refractivity contribution is 5.92. The lowest BCUT2D eigenvalue weighted by Crippen LogP contribution is -2.21. The summed E-state index contributed by atoms with van der Waals surface area (Å²) in [4.78, 5) is 16.4. The largest absolute Gasteiger partial charge is 0.490 e. The molecule has 3 aromatic heterocycles. The van der Waals surface area contributed by atoms with Crippen molar-refractivity contribution in [3.8, 4) is 16.8 Å². The first-order valence-corrected chi connectivity index (χ1v) is 8.51. The molecule has 0 bridgehead atoms. The molecule has 0 spiro atoms. The van der Waals surface area contributed by atoms with E-state index in [9.17, 15) is 13.2 Å². The molecule has 0 atom stereocenters. The van der Waals surface area contributed by atoms with Gasteiger partial charge in [-0.1, -0.05) is 12.1 Å². The third kappa shape index (κ3) is 4.45. The highest BCUT2D eigenvalue weighted by Crippen LogP contribution is 2.27. The van der Waals surface area contributed by atoms with Gasteiger partial charge in [0.1, 0.15) is 5.65 Å². The van der Waals surface area contributed by atoms with Gasteiger partial charge in [-0.3, -0.25) is 0 Å². The maximum absolute atomic E-state index is 10.6. The minimum Gasteiger partial charge on any atom is -0.475 e. The van der Waals surface area contributed by atoms with Crippen LogP contribution in [-0.4, -0.2) is 37.0 Å². The van der Waals surface area contributed by atoms with Crippen molar-refractivity contribution in [3.63, 3.8) is 0 Å². The zero-order valence-electron chi connectivity index (χ0n) is 15.5. The molecular formula is C20H17F3N4O2. The predicted molar refractivity (Wildman–Crippen MR) is 102 cm³/mol. The van der Waals surface area contributed by atoms with Crippen LogP contribution in [0.1, 0.15) is 11.1 Å². The summed E-state index contributed by atoms with van der Waals surface area (Å²) in [6.45, 7) is 4.20. The van der Waals surface area contributed by atoms with Crippen LogP contribution < -0.4 is 0 Å². The van der Waals surface area contributed by atoms with Gasteiger partial charge in [-0.15, -0.1) is 0 Å². The van der Waals surface area contributed by atoms with Crippen LogP contribution in [-0.2, 0) is 4.79 Å². The Balaban J connectivity index is 0.000000298. The molecule has 6 nitrogen and oxygen atoms in total. The first kappa shape index (κ1) is 20.1. The Labute approximate surface area is 163 Å². The Kier molecular flexibility index (Phi) is 5.40. The fourth-order valence-corrected chi connectivity index (χ4v) is 2.77. The number of carboxylic acids is 1. The zero-order chi connectivity index (χ0) is 21.2. The number of benzene rings is 1. The van der Waals surface area contributed by atoms with E-state index < -0.39 is 12.1 Å². The number of hydrogen-bond acceptors (Lipinski definition) is 3. The SMILES string of the molecule is Cc1ccc(C)c(-n2cc(-c3ccnc4[nH]ccc34)cn2)c1.O=C(O)C(F)(F)F. The number of aryl methyl sites for hydroxylation is 2. The van der Waals surface area contributed by atoms with Crippen molar-refractivity contribution in [1.82, 2.24) is 19.7 Å². The maximum Gasteiger partial charge on any atom is 0.490 e. The highest BCUT2D eigenvalue weighted by Gasteiger charge is 2.38. The van der Waals surface area contributed by atoms with Gasteiger partial charge in [0.2, 0.25) is 0 Å². The van der Waals surface area contributed by atoms with Gasteiger partial charge in [0.15, 0.2) is 0 Å². The van der Waals surface area contributed by atoms with E-state index in [1.165, 1.54) is 11.1 Å². The molecule has 29 heavy (non-hydrogen) atoms. The van der Waals surface area contributed by atoms with Crippen LogP contribution in [0.25, 0.3) is 27.8 Å². The number of carboxylic acid groups (broad SMARTS) is 1. The summed E-state index contributed by atoms with van der Waals surface area (Å²) in [6, 6.07) is 10.5. The number of hydrogen-bond donors (Lipinski definition) is 2. The Morgan fingerprint density at radius 1 is 1.17 bits per heavy atom. The van der Waals surface area contributed by atoms with E-state index in [1.807, 2.05) is 35.4 Å². The maximum atomic E-state index is 10.6. The zero-order valence-corrected chi connectivity index (χ0v) is 15.5. The number of nitrogens with zero attached hydrogens (tertiary/aromatic N) is 3. The Hall–Kier alpha value is -3.62. The molecule has 0 saturated heterocycles. The van der Waals surface area contributed by atoms with Crippen molar-refractivity contribution in [1.29, 1.82) is 0 Å². The smallest absolute Gasteiger partial charge is 0.475 e. The van der Waals surface area contributed by atoms with Crippen molar-refractivity contribution in [3.05, 3.63) is 66.2 Å². The number of halogens is 3. The van der Waals surface area contributed by atoms with Crippen LogP contribution in [0.4, 0.5) is 13.2 Å². The lowest BCUT2D eigenvalue weighted by Gasteiger charge is -2.06. The van der Waals surface area contributed by atoms with Crippen molar-refractivity contribution < 1.29 is 23.1 Å². The molecule has 1 aromatic carbocycles. The molecule has 2 N–H and O–H groups in total. The van der Waals surface area contributed by atoms with Crippen molar-refractivity contribution in [2.24, 2.45) is 0 Å². The van der Waals surface area contributed by atoms with Crippen LogP contribution in [0.3, 0.4) is 0 Å². The normalized spacial score (nSPS) is 11.2. The summed E-state index contributed by atoms with van der Waals surface area (Å²) < 4.78 is 33.7. The third-order valence-electron chi connectivity index (χ3n) is 4.21. The van der Waals surface area contributed by atoms with E-state index in [2.05, 4.69) is 53.3 Å². The first-order chi connectivity index (χ1) is 13.7. The Morgan fingerprint density at radius 2 is 1.90 bits per heavy atom. The summed E-state index contributed by atoms with van der Waals surface area (Å²) in [5.41, 5.74) is 6.69. The van der Waals surface area contributed by atoms with Gasteiger partial charge >= 0.3 is 12.1 Å². The summed E-state index contributed by atoms with van der Waals surface area (Å²) in [5.74, 6) is -2.76. The van der Waals surface area contributed by atoms with E-state index in [0.717, 1.165) is 27.8 Å². The summed E-state index contributed by atoms with van der Waals surface area (Å²) in [7, 11) is 0. The van der Waals surface area contributed by atoms with Gasteiger partial charge in [-0.05, 0) is 48.7 Å². The minimum atomic E-state index is -5.08. The van der Waals surface area contributed by atoms with E-state index in [0.29, 0.717) is 0 Å². The monoisotopic (exact) mass is 402 g/mol. The average Bonchev–Trinajstić information content (AvgIpc) is 3.32. The van der Waals surface area contributed by atoms with Crippen LogP contribution in [0.2, 0.25) is 0 Å². The van der Waals surface area contributed by atoms with Crippen molar-refractivity contribution >= 4 is 17.0 Å². The average molecular weight is 402 g/mol. The summed E-state index contributed by atoms with van der Waals surface area (Å²) in [5, 5.41) is 12.8. The number of H-pyrrole nitrogens is 1. The van der Waals surface area contributed by atoms with Gasteiger partial charge < -0.3 is 10.1 Å². The number of rotatable bonds is 2. The molecule has 0 unspecified atom stereocenters. The number of pyridine rings is 1. The fraction of sp³-hybridized carbons (Fsp3) is 0.150. The molecule has 0 aliphatic carbocycles. The second-order valence-corrected chi connectivity index (χ2v) is 6.36. The Bertz CT molecular complexity index is 1160. The van der Waals surface area contributed by atoms with Gasteiger partial charge in [-0.2, -0.15) is 18.3 Å². The molecule has 0 aliphatic heterocycles. The topological polar surface area (TPSA) is 83.8 Å². The molecule has 4 rings (SSSR count). The molecule has 0 amide bonds. The lowest BCUT2D eigenvalue weighted by molar-refractivity contribution is -0.192. The number of aliphatic carboxylic acids is 1. The standard InChI is InChI=1S/C18H16N4.C2HF3O2/c1-12-3-4-13(2)17(9-12)22-11-14(10-21-22)15-5-7-19-18-16(15)6-8-20-18;3-2(4,5)1(6)7/h3-11H,1-2H3,(H,19,20);(H,6,7). The summed E-state index contributed by atoms with van der Waals surface area (Å²) in [6.07, 6.45) is 2.63. The van der Waals surface area contributed by atoms with Crippen LogP contribution in [0, 0.1) is 13.8 Å².